The van der Waals surface area contributed by atoms with Crippen LogP contribution in [0.25, 0.3) is 10.9 Å². The smallest absolute Gasteiger partial charge is 0.261 e. The van der Waals surface area contributed by atoms with Gasteiger partial charge in [0.2, 0.25) is 0 Å². The zero-order valence-corrected chi connectivity index (χ0v) is 10.7. The summed E-state index contributed by atoms with van der Waals surface area (Å²) in [5.41, 5.74) is 0.742. The van der Waals surface area contributed by atoms with Crippen molar-refractivity contribution in [2.75, 3.05) is 19.5 Å². The van der Waals surface area contributed by atoms with E-state index in [2.05, 4.69) is 4.98 Å². The van der Waals surface area contributed by atoms with Crippen LogP contribution in [0.15, 0.2) is 34.2 Å². The Kier molecular flexibility index (Phi) is 3.81. The van der Waals surface area contributed by atoms with Crippen molar-refractivity contribution in [2.45, 2.75) is 5.16 Å². The summed E-state index contributed by atoms with van der Waals surface area (Å²) in [6.07, 6.45) is 0. The van der Waals surface area contributed by atoms with Crippen molar-refractivity contribution < 1.29 is 4.74 Å². The molecule has 0 unspecified atom stereocenters. The number of para-hydroxylation sites is 1. The fourth-order valence-electron chi connectivity index (χ4n) is 1.54. The van der Waals surface area contributed by atoms with Crippen molar-refractivity contribution in [1.82, 2.24) is 9.55 Å². The Morgan fingerprint density at radius 1 is 1.41 bits per heavy atom. The molecular weight excluding hydrogens is 236 g/mol. The molecule has 0 aliphatic heterocycles. The molecule has 1 heterocycles. The number of nitrogens with zero attached hydrogens (tertiary/aromatic N) is 2. The minimum Gasteiger partial charge on any atom is -0.384 e. The van der Waals surface area contributed by atoms with Crippen LogP contribution in [0.2, 0.25) is 0 Å². The molecule has 0 bridgehead atoms. The van der Waals surface area contributed by atoms with Crippen molar-refractivity contribution in [2.24, 2.45) is 7.05 Å². The molecule has 0 N–H and O–H groups in total. The van der Waals surface area contributed by atoms with Gasteiger partial charge in [-0.05, 0) is 12.1 Å². The van der Waals surface area contributed by atoms with E-state index in [1.807, 2.05) is 18.2 Å². The van der Waals surface area contributed by atoms with Crippen molar-refractivity contribution in [1.29, 1.82) is 0 Å². The second kappa shape index (κ2) is 5.33. The number of aromatic nitrogens is 2. The highest BCUT2D eigenvalue weighted by molar-refractivity contribution is 7.99. The maximum absolute atomic E-state index is 12.1. The largest absolute Gasteiger partial charge is 0.384 e. The summed E-state index contributed by atoms with van der Waals surface area (Å²) in [5, 5.41) is 1.39. The van der Waals surface area contributed by atoms with Gasteiger partial charge in [0.25, 0.3) is 5.56 Å². The van der Waals surface area contributed by atoms with Crippen LogP contribution in [0.5, 0.6) is 0 Å². The fraction of sp³-hybridized carbons (Fsp3) is 0.333. The van der Waals surface area contributed by atoms with E-state index in [4.69, 9.17) is 4.74 Å². The predicted molar refractivity (Wildman–Crippen MR) is 69.6 cm³/mol. The van der Waals surface area contributed by atoms with Crippen molar-refractivity contribution in [3.05, 3.63) is 34.6 Å². The lowest BCUT2D eigenvalue weighted by Crippen LogP contribution is -2.20. The summed E-state index contributed by atoms with van der Waals surface area (Å²) < 4.78 is 6.57. The van der Waals surface area contributed by atoms with E-state index in [0.29, 0.717) is 12.0 Å². The monoisotopic (exact) mass is 250 g/mol. The Labute approximate surface area is 104 Å². The molecule has 90 valence electrons. The van der Waals surface area contributed by atoms with Gasteiger partial charge in [-0.15, -0.1) is 0 Å². The van der Waals surface area contributed by atoms with Crippen LogP contribution in [0.3, 0.4) is 0 Å². The van der Waals surface area contributed by atoms with Gasteiger partial charge in [0, 0.05) is 19.9 Å². The number of hydrogen-bond donors (Lipinski definition) is 0. The molecule has 1 aromatic carbocycles. The number of fused-ring (bicyclic) bond motifs is 1. The summed E-state index contributed by atoms with van der Waals surface area (Å²) in [6.45, 7) is 0.646. The second-order valence-corrected chi connectivity index (χ2v) is 4.68. The van der Waals surface area contributed by atoms with Crippen LogP contribution in [0, 0.1) is 0 Å². The topological polar surface area (TPSA) is 44.1 Å². The summed E-state index contributed by atoms with van der Waals surface area (Å²) in [7, 11) is 3.41. The zero-order chi connectivity index (χ0) is 12.3. The highest BCUT2D eigenvalue weighted by Gasteiger charge is 2.07. The molecule has 2 rings (SSSR count). The van der Waals surface area contributed by atoms with Gasteiger partial charge in [-0.2, -0.15) is 0 Å². The Hall–Kier alpha value is -1.33. The van der Waals surface area contributed by atoms with Crippen LogP contribution in [-0.4, -0.2) is 29.0 Å². The lowest BCUT2D eigenvalue weighted by Gasteiger charge is -2.07. The van der Waals surface area contributed by atoms with Crippen LogP contribution < -0.4 is 5.56 Å². The number of rotatable bonds is 4. The third-order valence-corrected chi connectivity index (χ3v) is 3.45. The quantitative estimate of drug-likeness (QED) is 0.470. The number of hydrogen-bond acceptors (Lipinski definition) is 4. The highest BCUT2D eigenvalue weighted by Crippen LogP contribution is 2.16. The molecule has 5 heteroatoms. The van der Waals surface area contributed by atoms with E-state index in [1.165, 1.54) is 11.8 Å². The summed E-state index contributed by atoms with van der Waals surface area (Å²) in [4.78, 5) is 16.5. The molecule has 0 amide bonds. The van der Waals surface area contributed by atoms with Gasteiger partial charge in [-0.1, -0.05) is 23.9 Å². The molecule has 0 radical (unpaired) electrons. The standard InChI is InChI=1S/C12H14N2O2S/c1-14-11(15)9-5-3-4-6-10(9)13-12(14)17-8-7-16-2/h3-6H,7-8H2,1-2H3. The van der Waals surface area contributed by atoms with E-state index >= 15 is 0 Å². The molecule has 0 aliphatic carbocycles. The number of benzene rings is 1. The van der Waals surface area contributed by atoms with E-state index in [1.54, 1.807) is 24.8 Å². The number of methoxy groups -OCH3 is 1. The van der Waals surface area contributed by atoms with Crippen molar-refractivity contribution in [3.63, 3.8) is 0 Å². The van der Waals surface area contributed by atoms with Gasteiger partial charge < -0.3 is 4.74 Å². The van der Waals surface area contributed by atoms with Crippen LogP contribution in [0.4, 0.5) is 0 Å². The average Bonchev–Trinajstić information content (AvgIpc) is 2.35. The van der Waals surface area contributed by atoms with Gasteiger partial charge in [0.1, 0.15) is 0 Å². The lowest BCUT2D eigenvalue weighted by atomic mass is 10.2. The third-order valence-electron chi connectivity index (χ3n) is 2.46. The maximum Gasteiger partial charge on any atom is 0.261 e. The second-order valence-electron chi connectivity index (χ2n) is 3.62. The van der Waals surface area contributed by atoms with E-state index < -0.39 is 0 Å². The van der Waals surface area contributed by atoms with Gasteiger partial charge in [-0.3, -0.25) is 9.36 Å². The van der Waals surface area contributed by atoms with Gasteiger partial charge in [-0.25, -0.2) is 4.98 Å². The Morgan fingerprint density at radius 3 is 2.94 bits per heavy atom. The first kappa shape index (κ1) is 12.1. The van der Waals surface area contributed by atoms with Crippen molar-refractivity contribution in [3.8, 4) is 0 Å². The SMILES string of the molecule is COCCSc1nc2ccccc2c(=O)n1C. The fourth-order valence-corrected chi connectivity index (χ4v) is 2.41. The predicted octanol–water partition coefficient (Wildman–Crippen LogP) is 1.67. The maximum atomic E-state index is 12.1. The minimum atomic E-state index is -0.00415. The minimum absolute atomic E-state index is 0.00415. The first-order valence-electron chi connectivity index (χ1n) is 5.31. The molecule has 0 saturated carbocycles. The Balaban J connectivity index is 2.43. The molecule has 0 atom stereocenters. The normalized spacial score (nSPS) is 10.9. The van der Waals surface area contributed by atoms with Crippen molar-refractivity contribution >= 4 is 22.7 Å². The molecule has 0 saturated heterocycles. The summed E-state index contributed by atoms with van der Waals surface area (Å²) >= 11 is 1.53. The molecule has 0 aliphatic rings. The van der Waals surface area contributed by atoms with Crippen LogP contribution in [0.1, 0.15) is 0 Å². The van der Waals surface area contributed by atoms with Crippen LogP contribution >= 0.6 is 11.8 Å². The molecule has 0 fully saturated rings. The third kappa shape index (κ3) is 2.50. The Morgan fingerprint density at radius 2 is 2.18 bits per heavy atom. The lowest BCUT2D eigenvalue weighted by molar-refractivity contribution is 0.218. The molecule has 4 nitrogen and oxygen atoms in total. The molecule has 17 heavy (non-hydrogen) atoms. The number of ether oxygens (including phenoxy) is 1. The molecular formula is C12H14N2O2S. The number of thioether (sulfide) groups is 1. The van der Waals surface area contributed by atoms with E-state index in [9.17, 15) is 4.79 Å². The van der Waals surface area contributed by atoms with Gasteiger partial charge >= 0.3 is 0 Å². The van der Waals surface area contributed by atoms with Crippen LogP contribution in [-0.2, 0) is 11.8 Å². The van der Waals surface area contributed by atoms with Gasteiger partial charge in [0.05, 0.1) is 17.5 Å². The Bertz CT molecular complexity index is 580. The molecule has 2 aromatic rings. The zero-order valence-electron chi connectivity index (χ0n) is 9.84. The van der Waals surface area contributed by atoms with Gasteiger partial charge in [0.15, 0.2) is 5.16 Å². The molecule has 0 spiro atoms. The van der Waals surface area contributed by atoms with E-state index in [-0.39, 0.29) is 5.56 Å². The summed E-state index contributed by atoms with van der Waals surface area (Å²) in [6, 6.07) is 7.40. The first-order valence-corrected chi connectivity index (χ1v) is 6.30. The molecule has 1 aromatic heterocycles. The first-order chi connectivity index (χ1) is 8.24. The highest BCUT2D eigenvalue weighted by atomic mass is 32.2. The average molecular weight is 250 g/mol. The summed E-state index contributed by atoms with van der Waals surface area (Å²) in [5.74, 6) is 0.787. The van der Waals surface area contributed by atoms with E-state index in [0.717, 1.165) is 16.4 Å².